The molecule has 134 valence electrons. The summed E-state index contributed by atoms with van der Waals surface area (Å²) in [6.07, 6.45) is 0. The number of amides is 1. The minimum atomic E-state index is -4.11. The Morgan fingerprint density at radius 2 is 1.72 bits per heavy atom. The molecule has 2 aromatic rings. The van der Waals surface area contributed by atoms with Crippen LogP contribution in [0, 0.1) is 11.6 Å². The fourth-order valence-electron chi connectivity index (χ4n) is 2.27. The lowest BCUT2D eigenvalue weighted by Crippen LogP contribution is -2.30. The third-order valence-corrected chi connectivity index (χ3v) is 4.99. The van der Waals surface area contributed by atoms with Gasteiger partial charge in [-0.05, 0) is 50.2 Å². The largest absolute Gasteiger partial charge is 0.339 e. The fraction of sp³-hybridized carbons (Fsp3) is 0.235. The van der Waals surface area contributed by atoms with Gasteiger partial charge in [-0.25, -0.2) is 17.2 Å². The number of carbonyl (C=O) groups excluding carboxylic acids is 1. The summed E-state index contributed by atoms with van der Waals surface area (Å²) in [4.78, 5) is 13.5. The summed E-state index contributed by atoms with van der Waals surface area (Å²) in [5, 5.41) is 0. The molecule has 0 spiro atoms. The molecule has 0 radical (unpaired) electrons. The van der Waals surface area contributed by atoms with Crippen molar-refractivity contribution < 1.29 is 22.0 Å². The lowest BCUT2D eigenvalue weighted by atomic mass is 10.2. The average Bonchev–Trinajstić information content (AvgIpc) is 2.58. The van der Waals surface area contributed by atoms with E-state index in [0.717, 1.165) is 12.1 Å². The highest BCUT2D eigenvalue weighted by Gasteiger charge is 2.18. The molecule has 0 bridgehead atoms. The van der Waals surface area contributed by atoms with Gasteiger partial charge in [-0.3, -0.25) is 9.52 Å². The Labute approximate surface area is 145 Å². The average molecular weight is 368 g/mol. The number of nitrogens with one attached hydrogen (secondary N) is 1. The van der Waals surface area contributed by atoms with Crippen molar-refractivity contribution in [2.45, 2.75) is 18.7 Å². The molecule has 5 nitrogen and oxygen atoms in total. The molecule has 1 N–H and O–H groups in total. The highest BCUT2D eigenvalue weighted by atomic mass is 32.2. The van der Waals surface area contributed by atoms with Crippen LogP contribution in [0.2, 0.25) is 0 Å². The predicted molar refractivity (Wildman–Crippen MR) is 90.9 cm³/mol. The molecule has 0 saturated heterocycles. The number of halogens is 2. The zero-order valence-corrected chi connectivity index (χ0v) is 14.6. The van der Waals surface area contributed by atoms with E-state index in [1.807, 2.05) is 13.8 Å². The molecule has 2 aromatic carbocycles. The van der Waals surface area contributed by atoms with Crippen LogP contribution in [0.15, 0.2) is 47.4 Å². The Bertz CT molecular complexity index is 881. The first-order valence-electron chi connectivity index (χ1n) is 7.65. The van der Waals surface area contributed by atoms with E-state index >= 15 is 0 Å². The molecular weight excluding hydrogens is 350 g/mol. The normalized spacial score (nSPS) is 11.2. The molecule has 0 heterocycles. The molecule has 8 heteroatoms. The second-order valence-corrected chi connectivity index (χ2v) is 6.92. The van der Waals surface area contributed by atoms with Crippen molar-refractivity contribution >= 4 is 21.6 Å². The van der Waals surface area contributed by atoms with Crippen LogP contribution in [-0.2, 0) is 10.0 Å². The maximum atomic E-state index is 13.3. The van der Waals surface area contributed by atoms with Crippen molar-refractivity contribution in [3.63, 3.8) is 0 Å². The van der Waals surface area contributed by atoms with Crippen molar-refractivity contribution in [3.05, 3.63) is 59.7 Å². The minimum Gasteiger partial charge on any atom is -0.339 e. The number of sulfonamides is 1. The maximum absolute atomic E-state index is 13.3. The van der Waals surface area contributed by atoms with Gasteiger partial charge in [0, 0.05) is 24.3 Å². The molecule has 0 atom stereocenters. The minimum absolute atomic E-state index is 0.155. The fourth-order valence-corrected chi connectivity index (χ4v) is 3.33. The summed E-state index contributed by atoms with van der Waals surface area (Å²) < 4.78 is 53.1. The topological polar surface area (TPSA) is 66.5 Å². The summed E-state index contributed by atoms with van der Waals surface area (Å²) >= 11 is 0. The van der Waals surface area contributed by atoms with Crippen LogP contribution in [-0.4, -0.2) is 32.3 Å². The highest BCUT2D eigenvalue weighted by molar-refractivity contribution is 7.92. The second-order valence-electron chi connectivity index (χ2n) is 5.24. The van der Waals surface area contributed by atoms with E-state index in [-0.39, 0.29) is 11.6 Å². The molecular formula is C17H18F2N2O3S. The Kier molecular flexibility index (Phi) is 5.73. The SMILES string of the molecule is CCN(CC)C(=O)c1cccc(NS(=O)(=O)c2ccc(F)c(F)c2)c1. The van der Waals surface area contributed by atoms with Gasteiger partial charge >= 0.3 is 0 Å². The molecule has 0 aliphatic carbocycles. The van der Waals surface area contributed by atoms with Crippen LogP contribution in [0.3, 0.4) is 0 Å². The monoisotopic (exact) mass is 368 g/mol. The van der Waals surface area contributed by atoms with E-state index in [2.05, 4.69) is 4.72 Å². The molecule has 1 amide bonds. The summed E-state index contributed by atoms with van der Waals surface area (Å²) in [6, 6.07) is 8.29. The number of hydrogen-bond acceptors (Lipinski definition) is 3. The van der Waals surface area contributed by atoms with Gasteiger partial charge in [-0.15, -0.1) is 0 Å². The van der Waals surface area contributed by atoms with Crippen molar-refractivity contribution in [3.8, 4) is 0 Å². The molecule has 0 aromatic heterocycles. The van der Waals surface area contributed by atoms with E-state index in [9.17, 15) is 22.0 Å². The van der Waals surface area contributed by atoms with Crippen LogP contribution < -0.4 is 4.72 Å². The Hall–Kier alpha value is -2.48. The van der Waals surface area contributed by atoms with E-state index < -0.39 is 26.6 Å². The number of rotatable bonds is 6. The van der Waals surface area contributed by atoms with Crippen LogP contribution in [0.5, 0.6) is 0 Å². The summed E-state index contributed by atoms with van der Waals surface area (Å²) in [7, 11) is -4.11. The van der Waals surface area contributed by atoms with E-state index in [0.29, 0.717) is 24.7 Å². The van der Waals surface area contributed by atoms with Gasteiger partial charge < -0.3 is 4.90 Å². The van der Waals surface area contributed by atoms with Gasteiger partial charge in [0.25, 0.3) is 15.9 Å². The van der Waals surface area contributed by atoms with E-state index in [4.69, 9.17) is 0 Å². The number of hydrogen-bond donors (Lipinski definition) is 1. The lowest BCUT2D eigenvalue weighted by Gasteiger charge is -2.19. The molecule has 0 unspecified atom stereocenters. The number of anilines is 1. The third-order valence-electron chi connectivity index (χ3n) is 3.61. The molecule has 0 fully saturated rings. The first-order valence-corrected chi connectivity index (χ1v) is 9.14. The maximum Gasteiger partial charge on any atom is 0.261 e. The Balaban J connectivity index is 2.29. The number of benzene rings is 2. The van der Waals surface area contributed by atoms with Crippen LogP contribution in [0.1, 0.15) is 24.2 Å². The molecule has 0 saturated carbocycles. The second kappa shape index (κ2) is 7.60. The van der Waals surface area contributed by atoms with E-state index in [1.54, 1.807) is 17.0 Å². The van der Waals surface area contributed by atoms with Crippen LogP contribution in [0.25, 0.3) is 0 Å². The molecule has 0 aliphatic heterocycles. The highest BCUT2D eigenvalue weighted by Crippen LogP contribution is 2.19. The molecule has 25 heavy (non-hydrogen) atoms. The number of nitrogens with zero attached hydrogens (tertiary/aromatic N) is 1. The Morgan fingerprint density at radius 1 is 1.04 bits per heavy atom. The standard InChI is InChI=1S/C17H18F2N2O3S/c1-3-21(4-2)17(22)12-6-5-7-13(10-12)20-25(23,24)14-8-9-15(18)16(19)11-14/h5-11,20H,3-4H2,1-2H3. The smallest absolute Gasteiger partial charge is 0.261 e. The third kappa shape index (κ3) is 4.33. The first kappa shape index (κ1) is 18.9. The number of carbonyl (C=O) groups is 1. The summed E-state index contributed by atoms with van der Waals surface area (Å²) in [5.41, 5.74) is 0.483. The summed E-state index contributed by atoms with van der Waals surface area (Å²) in [5.74, 6) is -2.61. The zero-order valence-electron chi connectivity index (χ0n) is 13.8. The predicted octanol–water partition coefficient (Wildman–Crippen LogP) is 3.25. The van der Waals surface area contributed by atoms with Crippen LogP contribution >= 0.6 is 0 Å². The molecule has 0 aliphatic rings. The first-order chi connectivity index (χ1) is 11.8. The summed E-state index contributed by atoms with van der Waals surface area (Å²) in [6.45, 7) is 4.74. The van der Waals surface area contributed by atoms with Gasteiger partial charge in [0.05, 0.1) is 4.90 Å². The lowest BCUT2D eigenvalue weighted by molar-refractivity contribution is 0.0773. The van der Waals surface area contributed by atoms with Crippen molar-refractivity contribution in [2.75, 3.05) is 17.8 Å². The van der Waals surface area contributed by atoms with Gasteiger partial charge in [0.15, 0.2) is 11.6 Å². The zero-order chi connectivity index (χ0) is 18.6. The van der Waals surface area contributed by atoms with Crippen molar-refractivity contribution in [2.24, 2.45) is 0 Å². The Morgan fingerprint density at radius 3 is 2.32 bits per heavy atom. The molecule has 2 rings (SSSR count). The van der Waals surface area contributed by atoms with Crippen molar-refractivity contribution in [1.29, 1.82) is 0 Å². The van der Waals surface area contributed by atoms with Gasteiger partial charge in [-0.2, -0.15) is 0 Å². The van der Waals surface area contributed by atoms with Gasteiger partial charge in [0.2, 0.25) is 0 Å². The van der Waals surface area contributed by atoms with Crippen LogP contribution in [0.4, 0.5) is 14.5 Å². The quantitative estimate of drug-likeness (QED) is 0.851. The van der Waals surface area contributed by atoms with E-state index in [1.165, 1.54) is 12.1 Å². The van der Waals surface area contributed by atoms with Gasteiger partial charge in [-0.1, -0.05) is 6.07 Å². The van der Waals surface area contributed by atoms with Crippen molar-refractivity contribution in [1.82, 2.24) is 4.90 Å². The van der Waals surface area contributed by atoms with Gasteiger partial charge in [0.1, 0.15) is 0 Å².